The molecular weight excluding hydrogens is 272 g/mol. The molecule has 1 aromatic heterocycles. The number of amides is 2. The minimum Gasteiger partial charge on any atom is -0.370 e. The maximum atomic E-state index is 11.2. The van der Waals surface area contributed by atoms with Gasteiger partial charge in [-0.2, -0.15) is 0 Å². The second-order valence-electron chi connectivity index (χ2n) is 4.60. The van der Waals surface area contributed by atoms with Gasteiger partial charge in [0.05, 0.1) is 13.1 Å². The first-order valence-electron chi connectivity index (χ1n) is 6.89. The maximum absolute atomic E-state index is 11.2. The molecule has 8 nitrogen and oxygen atoms in total. The number of rotatable bonds is 9. The molecule has 116 valence electrons. The van der Waals surface area contributed by atoms with E-state index in [0.29, 0.717) is 30.4 Å². The van der Waals surface area contributed by atoms with Crippen LogP contribution in [-0.4, -0.2) is 41.4 Å². The van der Waals surface area contributed by atoms with Gasteiger partial charge in [0.25, 0.3) is 0 Å². The summed E-state index contributed by atoms with van der Waals surface area (Å²) in [5.41, 5.74) is 10.4. The number of primary amides is 2. The third kappa shape index (κ3) is 5.64. The average molecular weight is 294 g/mol. The number of anilines is 2. The number of hydrogen-bond donors (Lipinski definition) is 3. The van der Waals surface area contributed by atoms with Gasteiger partial charge in [0, 0.05) is 19.0 Å². The Morgan fingerprint density at radius 3 is 2.29 bits per heavy atom. The first kappa shape index (κ1) is 16.7. The highest BCUT2D eigenvalue weighted by atomic mass is 16.2. The number of aromatic nitrogens is 2. The first-order chi connectivity index (χ1) is 9.96. The zero-order chi connectivity index (χ0) is 15.8. The van der Waals surface area contributed by atoms with Crippen molar-refractivity contribution in [2.24, 2.45) is 11.5 Å². The van der Waals surface area contributed by atoms with Crippen LogP contribution in [0, 0.1) is 0 Å². The molecule has 0 bridgehead atoms. The number of nitrogens with zero attached hydrogens (tertiary/aromatic N) is 3. The van der Waals surface area contributed by atoms with Crippen LogP contribution < -0.4 is 21.7 Å². The number of hydrogen-bond acceptors (Lipinski definition) is 6. The zero-order valence-corrected chi connectivity index (χ0v) is 12.4. The van der Waals surface area contributed by atoms with Gasteiger partial charge < -0.3 is 21.7 Å². The van der Waals surface area contributed by atoms with Crippen molar-refractivity contribution >= 4 is 23.5 Å². The average Bonchev–Trinajstić information content (AvgIpc) is 2.37. The Bertz CT molecular complexity index is 465. The molecule has 0 aromatic carbocycles. The van der Waals surface area contributed by atoms with Gasteiger partial charge in [0.2, 0.25) is 11.8 Å². The van der Waals surface area contributed by atoms with Crippen molar-refractivity contribution in [3.8, 4) is 0 Å². The van der Waals surface area contributed by atoms with E-state index in [0.717, 1.165) is 6.42 Å². The summed E-state index contributed by atoms with van der Waals surface area (Å²) in [4.78, 5) is 32.5. The van der Waals surface area contributed by atoms with Gasteiger partial charge >= 0.3 is 0 Å². The van der Waals surface area contributed by atoms with Gasteiger partial charge in [-0.05, 0) is 13.3 Å². The lowest BCUT2D eigenvalue weighted by molar-refractivity contribution is -0.117. The van der Waals surface area contributed by atoms with Crippen molar-refractivity contribution in [1.82, 2.24) is 9.97 Å². The summed E-state index contributed by atoms with van der Waals surface area (Å²) in [6.45, 7) is 4.42. The molecular formula is C13H22N6O2. The van der Waals surface area contributed by atoms with Crippen LogP contribution in [0.15, 0.2) is 6.07 Å². The third-order valence-electron chi connectivity index (χ3n) is 2.61. The van der Waals surface area contributed by atoms with Crippen LogP contribution in [0.3, 0.4) is 0 Å². The second kappa shape index (κ2) is 8.03. The summed E-state index contributed by atoms with van der Waals surface area (Å²) >= 11 is 0. The van der Waals surface area contributed by atoms with Gasteiger partial charge in [-0.15, -0.1) is 0 Å². The molecule has 1 rings (SSSR count). The molecule has 21 heavy (non-hydrogen) atoms. The molecule has 0 saturated heterocycles. The minimum absolute atomic E-state index is 0.128. The topological polar surface area (TPSA) is 127 Å². The molecule has 0 aliphatic carbocycles. The summed E-state index contributed by atoms with van der Waals surface area (Å²) in [5, 5.41) is 3.10. The molecule has 2 amide bonds. The van der Waals surface area contributed by atoms with Gasteiger partial charge in [-0.3, -0.25) is 9.59 Å². The largest absolute Gasteiger partial charge is 0.370 e. The molecule has 0 unspecified atom stereocenters. The number of carbonyl (C=O) groups excluding carboxylic acids is 2. The van der Waals surface area contributed by atoms with Crippen molar-refractivity contribution in [2.45, 2.75) is 26.7 Å². The smallest absolute Gasteiger partial charge is 0.237 e. The van der Waals surface area contributed by atoms with E-state index in [4.69, 9.17) is 11.5 Å². The zero-order valence-electron chi connectivity index (χ0n) is 12.4. The van der Waals surface area contributed by atoms with Crippen molar-refractivity contribution in [3.05, 3.63) is 11.9 Å². The highest BCUT2D eigenvalue weighted by Crippen LogP contribution is 2.16. The molecule has 0 saturated carbocycles. The minimum atomic E-state index is -0.558. The molecule has 0 fully saturated rings. The van der Waals surface area contributed by atoms with Crippen LogP contribution in [0.1, 0.15) is 26.1 Å². The van der Waals surface area contributed by atoms with E-state index in [9.17, 15) is 9.59 Å². The summed E-state index contributed by atoms with van der Waals surface area (Å²) < 4.78 is 0. The summed E-state index contributed by atoms with van der Waals surface area (Å²) in [6, 6.07) is 1.68. The highest BCUT2D eigenvalue weighted by Gasteiger charge is 2.15. The van der Waals surface area contributed by atoms with E-state index in [-0.39, 0.29) is 13.1 Å². The number of aryl methyl sites for hydroxylation is 1. The fourth-order valence-corrected chi connectivity index (χ4v) is 1.85. The molecule has 5 N–H and O–H groups in total. The predicted molar refractivity (Wildman–Crippen MR) is 80.8 cm³/mol. The fraction of sp³-hybridized carbons (Fsp3) is 0.538. The Morgan fingerprint density at radius 2 is 1.81 bits per heavy atom. The normalized spacial score (nSPS) is 10.2. The van der Waals surface area contributed by atoms with Gasteiger partial charge in [0.1, 0.15) is 17.5 Å². The van der Waals surface area contributed by atoms with Crippen LogP contribution in [0.5, 0.6) is 0 Å². The van der Waals surface area contributed by atoms with Crippen LogP contribution in [0.4, 0.5) is 11.6 Å². The van der Waals surface area contributed by atoms with Crippen molar-refractivity contribution < 1.29 is 9.59 Å². The summed E-state index contributed by atoms with van der Waals surface area (Å²) in [7, 11) is 0. The molecule has 0 atom stereocenters. The Morgan fingerprint density at radius 1 is 1.19 bits per heavy atom. The lowest BCUT2D eigenvalue weighted by Crippen LogP contribution is -2.40. The summed E-state index contributed by atoms with van der Waals surface area (Å²) in [6.07, 6.45) is 1.59. The third-order valence-corrected chi connectivity index (χ3v) is 2.61. The fourth-order valence-electron chi connectivity index (χ4n) is 1.85. The number of nitrogens with one attached hydrogen (secondary N) is 1. The highest BCUT2D eigenvalue weighted by molar-refractivity contribution is 5.84. The molecule has 0 aliphatic heterocycles. The van der Waals surface area contributed by atoms with Crippen LogP contribution in [0.25, 0.3) is 0 Å². The Labute approximate surface area is 123 Å². The molecule has 8 heteroatoms. The monoisotopic (exact) mass is 294 g/mol. The van der Waals surface area contributed by atoms with Gasteiger partial charge in [0.15, 0.2) is 0 Å². The number of nitrogens with two attached hydrogens (primary N) is 2. The lowest BCUT2D eigenvalue weighted by Gasteiger charge is -2.21. The molecule has 0 radical (unpaired) electrons. The molecule has 1 heterocycles. The van der Waals surface area contributed by atoms with E-state index in [1.54, 1.807) is 6.07 Å². The quantitative estimate of drug-likeness (QED) is 0.570. The molecule has 1 aromatic rings. The first-order valence-corrected chi connectivity index (χ1v) is 6.89. The second-order valence-corrected chi connectivity index (χ2v) is 4.60. The summed E-state index contributed by atoms with van der Waals surface area (Å²) in [5.74, 6) is 0.630. The predicted octanol–water partition coefficient (Wildman–Crippen LogP) is -0.362. The van der Waals surface area contributed by atoms with Crippen LogP contribution in [0.2, 0.25) is 0 Å². The van der Waals surface area contributed by atoms with E-state index in [2.05, 4.69) is 15.3 Å². The Kier molecular flexibility index (Phi) is 6.38. The molecule has 0 aliphatic rings. The van der Waals surface area contributed by atoms with Gasteiger partial charge in [-0.1, -0.05) is 6.92 Å². The molecule has 0 spiro atoms. The SMILES string of the molecule is CCCc1nc(NCC)cc(N(CC(N)=O)CC(N)=O)n1. The van der Waals surface area contributed by atoms with E-state index < -0.39 is 11.8 Å². The van der Waals surface area contributed by atoms with E-state index in [1.165, 1.54) is 4.90 Å². The number of carbonyl (C=O) groups is 2. The van der Waals surface area contributed by atoms with Crippen molar-refractivity contribution in [3.63, 3.8) is 0 Å². The Hall–Kier alpha value is -2.38. The lowest BCUT2D eigenvalue weighted by atomic mass is 10.3. The van der Waals surface area contributed by atoms with Crippen LogP contribution >= 0.6 is 0 Å². The van der Waals surface area contributed by atoms with Crippen LogP contribution in [-0.2, 0) is 16.0 Å². The maximum Gasteiger partial charge on any atom is 0.237 e. The van der Waals surface area contributed by atoms with E-state index in [1.807, 2.05) is 13.8 Å². The van der Waals surface area contributed by atoms with Crippen molar-refractivity contribution in [2.75, 3.05) is 29.9 Å². The Balaban J connectivity index is 3.13. The van der Waals surface area contributed by atoms with Crippen molar-refractivity contribution in [1.29, 1.82) is 0 Å². The van der Waals surface area contributed by atoms with Gasteiger partial charge in [-0.25, -0.2) is 9.97 Å². The van der Waals surface area contributed by atoms with E-state index >= 15 is 0 Å². The standard InChI is InChI=1S/C13H22N6O2/c1-3-5-11-17-12(16-4-2)6-13(18-11)19(7-9(14)20)8-10(15)21/h6H,3-5,7-8H2,1-2H3,(H2,14,20)(H2,15,21)(H,16,17,18).